The molecule has 0 unspecified atom stereocenters. The van der Waals surface area contributed by atoms with Gasteiger partial charge in [-0.05, 0) is 31.9 Å². The maximum Gasteiger partial charge on any atom is 0.226 e. The molecule has 0 saturated carbocycles. The Balaban J connectivity index is 2.19. The zero-order chi connectivity index (χ0) is 14.5. The summed E-state index contributed by atoms with van der Waals surface area (Å²) in [6.45, 7) is 7.33. The van der Waals surface area contributed by atoms with Gasteiger partial charge in [-0.3, -0.25) is 0 Å². The van der Waals surface area contributed by atoms with Crippen molar-refractivity contribution >= 4 is 28.6 Å². The number of fused-ring (bicyclic) bond motifs is 1. The maximum absolute atomic E-state index is 5.96. The molecule has 0 radical (unpaired) electrons. The van der Waals surface area contributed by atoms with Gasteiger partial charge in [-0.15, -0.1) is 0 Å². The fourth-order valence-electron chi connectivity index (χ4n) is 2.19. The first-order chi connectivity index (χ1) is 9.63. The summed E-state index contributed by atoms with van der Waals surface area (Å²) in [6, 6.07) is 0.311. The molecule has 0 bridgehead atoms. The Morgan fingerprint density at radius 2 is 2.05 bits per heavy atom. The van der Waals surface area contributed by atoms with Gasteiger partial charge in [0.1, 0.15) is 5.52 Å². The van der Waals surface area contributed by atoms with E-state index in [9.17, 15) is 0 Å². The van der Waals surface area contributed by atoms with Crippen molar-refractivity contribution in [1.82, 2.24) is 19.5 Å². The van der Waals surface area contributed by atoms with Crippen LogP contribution in [-0.2, 0) is 0 Å². The molecule has 2 rings (SSSR count). The molecule has 0 aliphatic carbocycles. The van der Waals surface area contributed by atoms with E-state index in [4.69, 9.17) is 11.6 Å². The van der Waals surface area contributed by atoms with Crippen molar-refractivity contribution in [3.63, 3.8) is 0 Å². The van der Waals surface area contributed by atoms with Gasteiger partial charge in [0.25, 0.3) is 0 Å². The van der Waals surface area contributed by atoms with Gasteiger partial charge in [-0.2, -0.15) is 9.97 Å². The highest BCUT2D eigenvalue weighted by Gasteiger charge is 2.14. The quantitative estimate of drug-likeness (QED) is 0.618. The van der Waals surface area contributed by atoms with Crippen molar-refractivity contribution in [3.05, 3.63) is 11.6 Å². The Bertz CT molecular complexity index is 564. The summed E-state index contributed by atoms with van der Waals surface area (Å²) in [5.41, 5.74) is 1.58. The van der Waals surface area contributed by atoms with Crippen LogP contribution in [0.3, 0.4) is 0 Å². The van der Waals surface area contributed by atoms with Crippen LogP contribution in [0.5, 0.6) is 0 Å². The number of halogens is 1. The van der Waals surface area contributed by atoms with Crippen molar-refractivity contribution < 1.29 is 0 Å². The first kappa shape index (κ1) is 15.0. The second-order valence-corrected chi connectivity index (χ2v) is 5.58. The van der Waals surface area contributed by atoms with Gasteiger partial charge >= 0.3 is 0 Å². The third-order valence-electron chi connectivity index (χ3n) is 3.28. The highest BCUT2D eigenvalue weighted by Crippen LogP contribution is 2.24. The Morgan fingerprint density at radius 1 is 1.25 bits per heavy atom. The molecule has 0 amide bonds. The molecule has 0 saturated heterocycles. The molecule has 1 N–H and O–H groups in total. The van der Waals surface area contributed by atoms with Crippen molar-refractivity contribution in [3.8, 4) is 0 Å². The molecule has 5 nitrogen and oxygen atoms in total. The largest absolute Gasteiger partial charge is 0.368 e. The number of anilines is 1. The van der Waals surface area contributed by atoms with E-state index in [1.807, 2.05) is 0 Å². The average Bonchev–Trinajstić information content (AvgIpc) is 2.82. The van der Waals surface area contributed by atoms with Crippen LogP contribution in [0.1, 0.15) is 52.5 Å². The van der Waals surface area contributed by atoms with Crippen LogP contribution in [0.25, 0.3) is 11.2 Å². The zero-order valence-corrected chi connectivity index (χ0v) is 13.1. The molecule has 2 heterocycles. The fraction of sp³-hybridized carbons (Fsp3) is 0.643. The van der Waals surface area contributed by atoms with E-state index in [1.54, 1.807) is 6.33 Å². The van der Waals surface area contributed by atoms with E-state index < -0.39 is 0 Å². The lowest BCUT2D eigenvalue weighted by Crippen LogP contribution is -2.08. The van der Waals surface area contributed by atoms with Crippen molar-refractivity contribution in [1.29, 1.82) is 0 Å². The highest BCUT2D eigenvalue weighted by atomic mass is 35.5. The lowest BCUT2D eigenvalue weighted by Gasteiger charge is -2.12. The van der Waals surface area contributed by atoms with E-state index in [0.29, 0.717) is 11.7 Å². The molecule has 0 aliphatic heterocycles. The Hall–Kier alpha value is -1.36. The SMILES string of the molecule is CCCCCCNc1nc(Cl)nc2ncn(C(C)C)c12. The van der Waals surface area contributed by atoms with Gasteiger partial charge in [-0.25, -0.2) is 4.98 Å². The smallest absolute Gasteiger partial charge is 0.226 e. The van der Waals surface area contributed by atoms with Gasteiger partial charge < -0.3 is 9.88 Å². The summed E-state index contributed by atoms with van der Waals surface area (Å²) in [6.07, 6.45) is 6.67. The van der Waals surface area contributed by atoms with Crippen LogP contribution in [0.2, 0.25) is 5.28 Å². The topological polar surface area (TPSA) is 55.6 Å². The molecular weight excluding hydrogens is 274 g/mol. The summed E-state index contributed by atoms with van der Waals surface area (Å²) in [7, 11) is 0. The van der Waals surface area contributed by atoms with Crippen LogP contribution >= 0.6 is 11.6 Å². The highest BCUT2D eigenvalue weighted by molar-refractivity contribution is 6.28. The Morgan fingerprint density at radius 3 is 2.75 bits per heavy atom. The van der Waals surface area contributed by atoms with Crippen LogP contribution in [0.15, 0.2) is 6.33 Å². The second-order valence-electron chi connectivity index (χ2n) is 5.25. The van der Waals surface area contributed by atoms with Gasteiger partial charge in [0, 0.05) is 12.6 Å². The summed E-state index contributed by atoms with van der Waals surface area (Å²) in [5, 5.41) is 3.61. The van der Waals surface area contributed by atoms with E-state index in [-0.39, 0.29) is 5.28 Å². The van der Waals surface area contributed by atoms with Gasteiger partial charge in [0.2, 0.25) is 5.28 Å². The van der Waals surface area contributed by atoms with E-state index >= 15 is 0 Å². The third-order valence-corrected chi connectivity index (χ3v) is 3.45. The molecule has 2 aromatic heterocycles. The minimum Gasteiger partial charge on any atom is -0.368 e. The summed E-state index contributed by atoms with van der Waals surface area (Å²) < 4.78 is 2.07. The van der Waals surface area contributed by atoms with Crippen LogP contribution in [-0.4, -0.2) is 26.1 Å². The number of rotatable bonds is 7. The lowest BCUT2D eigenvalue weighted by molar-refractivity contribution is 0.617. The molecule has 0 fully saturated rings. The van der Waals surface area contributed by atoms with Crippen molar-refractivity contribution in [2.45, 2.75) is 52.5 Å². The number of imidazole rings is 1. The van der Waals surface area contributed by atoms with E-state index in [0.717, 1.165) is 24.3 Å². The Kier molecular flexibility index (Phi) is 5.17. The van der Waals surface area contributed by atoms with Crippen molar-refractivity contribution in [2.24, 2.45) is 0 Å². The normalized spacial score (nSPS) is 11.4. The van der Waals surface area contributed by atoms with Gasteiger partial charge in [0.05, 0.1) is 6.33 Å². The first-order valence-electron chi connectivity index (χ1n) is 7.27. The summed E-state index contributed by atoms with van der Waals surface area (Å²) in [4.78, 5) is 12.8. The minimum absolute atomic E-state index is 0.238. The number of aromatic nitrogens is 4. The average molecular weight is 296 g/mol. The maximum atomic E-state index is 5.96. The number of hydrogen-bond donors (Lipinski definition) is 1. The van der Waals surface area contributed by atoms with Gasteiger partial charge in [0.15, 0.2) is 11.5 Å². The summed E-state index contributed by atoms with van der Waals surface area (Å²) >= 11 is 5.96. The molecule has 0 atom stereocenters. The number of hydrogen-bond acceptors (Lipinski definition) is 4. The van der Waals surface area contributed by atoms with Crippen LogP contribution in [0, 0.1) is 0 Å². The zero-order valence-electron chi connectivity index (χ0n) is 12.4. The van der Waals surface area contributed by atoms with Crippen molar-refractivity contribution in [2.75, 3.05) is 11.9 Å². The fourth-order valence-corrected chi connectivity index (χ4v) is 2.36. The molecule has 0 spiro atoms. The molecule has 2 aromatic rings. The predicted molar refractivity (Wildman–Crippen MR) is 83.3 cm³/mol. The number of unbranched alkanes of at least 4 members (excludes halogenated alkanes) is 3. The van der Waals surface area contributed by atoms with Gasteiger partial charge in [-0.1, -0.05) is 26.2 Å². The molecule has 20 heavy (non-hydrogen) atoms. The Labute approximate surface area is 124 Å². The molecule has 0 aliphatic rings. The number of nitrogens with zero attached hydrogens (tertiary/aromatic N) is 4. The van der Waals surface area contributed by atoms with Crippen LogP contribution < -0.4 is 5.32 Å². The minimum atomic E-state index is 0.238. The molecule has 0 aromatic carbocycles. The lowest BCUT2D eigenvalue weighted by atomic mass is 10.2. The van der Waals surface area contributed by atoms with Crippen LogP contribution in [0.4, 0.5) is 5.82 Å². The third kappa shape index (κ3) is 3.39. The number of nitrogens with one attached hydrogen (secondary N) is 1. The second kappa shape index (κ2) is 6.88. The monoisotopic (exact) mass is 295 g/mol. The summed E-state index contributed by atoms with van der Waals surface area (Å²) in [5.74, 6) is 0.780. The van der Waals surface area contributed by atoms with E-state index in [2.05, 4.69) is 45.6 Å². The standard InChI is InChI=1S/C14H22ClN5/c1-4-5-6-7-8-16-12-11-13(19-14(15)18-12)17-9-20(11)10(2)3/h9-10H,4-8H2,1-3H3,(H,16,18,19). The molecule has 6 heteroatoms. The predicted octanol–water partition coefficient (Wildman–Crippen LogP) is 4.05. The van der Waals surface area contributed by atoms with E-state index in [1.165, 1.54) is 19.3 Å². The molecular formula is C14H22ClN5. The first-order valence-corrected chi connectivity index (χ1v) is 7.65. The molecule has 110 valence electrons.